The van der Waals surface area contributed by atoms with Gasteiger partial charge < -0.3 is 9.30 Å². The van der Waals surface area contributed by atoms with Crippen LogP contribution in [0.2, 0.25) is 0 Å². The highest BCUT2D eigenvalue weighted by Crippen LogP contribution is 2.24. The van der Waals surface area contributed by atoms with Gasteiger partial charge in [-0.2, -0.15) is 8.61 Å². The SMILES string of the molecule is COc1ccc(S(=O)(=O)N2CCCN(S(=O)(=O)c3cn(C)cn3)CC2)cc1F. The lowest BCUT2D eigenvalue weighted by Gasteiger charge is -2.21. The summed E-state index contributed by atoms with van der Waals surface area (Å²) in [5.74, 6) is -0.833. The fraction of sp³-hybridized carbons (Fsp3) is 0.438. The number of aromatic nitrogens is 2. The van der Waals surface area contributed by atoms with E-state index in [4.69, 9.17) is 4.74 Å². The molecule has 1 aliphatic rings. The predicted octanol–water partition coefficient (Wildman–Crippen LogP) is 0.653. The minimum absolute atomic E-state index is 0.0171. The molecule has 0 bridgehead atoms. The average molecular weight is 432 g/mol. The molecule has 1 aromatic carbocycles. The monoisotopic (exact) mass is 432 g/mol. The number of hydrogen-bond acceptors (Lipinski definition) is 6. The summed E-state index contributed by atoms with van der Waals surface area (Å²) in [5, 5.41) is -0.0801. The molecule has 12 heteroatoms. The van der Waals surface area contributed by atoms with Crippen LogP contribution in [0.1, 0.15) is 6.42 Å². The van der Waals surface area contributed by atoms with Gasteiger partial charge in [0.15, 0.2) is 16.6 Å². The molecule has 0 unspecified atom stereocenters. The van der Waals surface area contributed by atoms with E-state index in [2.05, 4.69) is 4.98 Å². The fourth-order valence-corrected chi connectivity index (χ4v) is 5.88. The molecule has 2 heterocycles. The summed E-state index contributed by atoms with van der Waals surface area (Å²) in [7, 11) is -4.82. The Kier molecular flexibility index (Phi) is 5.75. The Bertz CT molecular complexity index is 1070. The minimum Gasteiger partial charge on any atom is -0.494 e. The molecule has 0 radical (unpaired) electrons. The number of benzene rings is 1. The first-order valence-corrected chi connectivity index (χ1v) is 11.4. The number of sulfonamides is 2. The Morgan fingerprint density at radius 3 is 2.21 bits per heavy atom. The molecule has 154 valence electrons. The number of nitrogens with zero attached hydrogens (tertiary/aromatic N) is 4. The molecule has 28 heavy (non-hydrogen) atoms. The molecule has 0 amide bonds. The third-order valence-electron chi connectivity index (χ3n) is 4.46. The van der Waals surface area contributed by atoms with Crippen LogP contribution in [0, 0.1) is 5.82 Å². The van der Waals surface area contributed by atoms with E-state index in [9.17, 15) is 21.2 Å². The average Bonchev–Trinajstić information content (AvgIpc) is 2.93. The molecule has 1 fully saturated rings. The highest BCUT2D eigenvalue weighted by molar-refractivity contribution is 7.89. The lowest BCUT2D eigenvalue weighted by atomic mass is 10.3. The summed E-state index contributed by atoms with van der Waals surface area (Å²) in [6.45, 7) is 0.241. The molecular weight excluding hydrogens is 411 g/mol. The van der Waals surface area contributed by atoms with Gasteiger partial charge in [0, 0.05) is 39.4 Å². The number of aryl methyl sites for hydroxylation is 1. The standard InChI is InChI=1S/C16H21FN4O5S2/c1-19-11-16(18-12-19)28(24,25)21-7-3-6-20(8-9-21)27(22,23)13-4-5-15(26-2)14(17)10-13/h4-5,10-12H,3,6-9H2,1-2H3. The van der Waals surface area contributed by atoms with Crippen molar-refractivity contribution in [2.45, 2.75) is 16.3 Å². The normalized spacial score (nSPS) is 17.4. The van der Waals surface area contributed by atoms with Gasteiger partial charge >= 0.3 is 0 Å². The highest BCUT2D eigenvalue weighted by atomic mass is 32.2. The maximum atomic E-state index is 13.9. The molecule has 1 aromatic heterocycles. The molecular formula is C16H21FN4O5S2. The number of halogens is 1. The number of rotatable bonds is 5. The largest absolute Gasteiger partial charge is 0.494 e. The Hall–Kier alpha value is -2.02. The van der Waals surface area contributed by atoms with Gasteiger partial charge in [0.05, 0.1) is 18.3 Å². The van der Waals surface area contributed by atoms with Crippen molar-refractivity contribution in [3.8, 4) is 5.75 Å². The van der Waals surface area contributed by atoms with Crippen LogP contribution in [0.15, 0.2) is 40.6 Å². The van der Waals surface area contributed by atoms with Crippen LogP contribution in [-0.4, -0.2) is 68.3 Å². The van der Waals surface area contributed by atoms with Crippen LogP contribution in [-0.2, 0) is 27.1 Å². The van der Waals surface area contributed by atoms with Gasteiger partial charge in [0.1, 0.15) is 0 Å². The first-order valence-electron chi connectivity index (χ1n) is 8.48. The fourth-order valence-electron chi connectivity index (χ4n) is 2.96. The van der Waals surface area contributed by atoms with Gasteiger partial charge in [-0.1, -0.05) is 0 Å². The van der Waals surface area contributed by atoms with E-state index in [0.717, 1.165) is 6.07 Å². The molecule has 0 aliphatic carbocycles. The van der Waals surface area contributed by atoms with Gasteiger partial charge in [0.25, 0.3) is 10.0 Å². The van der Waals surface area contributed by atoms with Crippen molar-refractivity contribution in [3.63, 3.8) is 0 Å². The van der Waals surface area contributed by atoms with Gasteiger partial charge in [-0.3, -0.25) is 0 Å². The van der Waals surface area contributed by atoms with Gasteiger partial charge in [-0.05, 0) is 24.6 Å². The van der Waals surface area contributed by atoms with Gasteiger partial charge in [0.2, 0.25) is 10.0 Å². The first kappa shape index (κ1) is 20.7. The molecule has 1 aliphatic heterocycles. The first-order chi connectivity index (χ1) is 13.2. The van der Waals surface area contributed by atoms with Crippen LogP contribution >= 0.6 is 0 Å². The van der Waals surface area contributed by atoms with E-state index in [1.54, 1.807) is 7.05 Å². The van der Waals surface area contributed by atoms with Gasteiger partial charge in [-0.15, -0.1) is 0 Å². The van der Waals surface area contributed by atoms with Crippen molar-refractivity contribution in [1.29, 1.82) is 0 Å². The number of imidazole rings is 1. The smallest absolute Gasteiger partial charge is 0.262 e. The lowest BCUT2D eigenvalue weighted by Crippen LogP contribution is -2.37. The van der Waals surface area contributed by atoms with E-state index in [0.29, 0.717) is 6.42 Å². The maximum absolute atomic E-state index is 13.9. The van der Waals surface area contributed by atoms with E-state index < -0.39 is 25.9 Å². The summed E-state index contributed by atoms with van der Waals surface area (Å²) in [5.41, 5.74) is 0. The maximum Gasteiger partial charge on any atom is 0.262 e. The summed E-state index contributed by atoms with van der Waals surface area (Å²) < 4.78 is 73.8. The van der Waals surface area contributed by atoms with E-state index in [1.165, 1.54) is 44.9 Å². The van der Waals surface area contributed by atoms with Crippen molar-refractivity contribution in [1.82, 2.24) is 18.2 Å². The second-order valence-corrected chi connectivity index (χ2v) is 10.2. The predicted molar refractivity (Wildman–Crippen MR) is 98.3 cm³/mol. The molecule has 2 aromatic rings. The molecule has 0 spiro atoms. The van der Waals surface area contributed by atoms with Crippen LogP contribution in [0.3, 0.4) is 0 Å². The van der Waals surface area contributed by atoms with Crippen LogP contribution < -0.4 is 4.74 Å². The highest BCUT2D eigenvalue weighted by Gasteiger charge is 2.33. The van der Waals surface area contributed by atoms with E-state index in [1.807, 2.05) is 0 Å². The zero-order valence-corrected chi connectivity index (χ0v) is 17.1. The van der Waals surface area contributed by atoms with Crippen LogP contribution in [0.25, 0.3) is 0 Å². The summed E-state index contributed by atoms with van der Waals surface area (Å²) in [6.07, 6.45) is 3.10. The van der Waals surface area contributed by atoms with Crippen molar-refractivity contribution in [2.24, 2.45) is 7.05 Å². The number of hydrogen-bond donors (Lipinski definition) is 0. The Morgan fingerprint density at radius 1 is 1.04 bits per heavy atom. The molecule has 9 nitrogen and oxygen atoms in total. The van der Waals surface area contributed by atoms with Crippen molar-refractivity contribution in [3.05, 3.63) is 36.5 Å². The minimum atomic E-state index is -3.97. The Balaban J connectivity index is 1.80. The topological polar surface area (TPSA) is 102 Å². The third kappa shape index (κ3) is 3.90. The molecule has 0 atom stereocenters. The quantitative estimate of drug-likeness (QED) is 0.688. The zero-order chi connectivity index (χ0) is 20.5. The summed E-state index contributed by atoms with van der Waals surface area (Å²) in [6, 6.07) is 3.42. The summed E-state index contributed by atoms with van der Waals surface area (Å²) >= 11 is 0. The Labute approximate surface area is 163 Å². The molecule has 1 saturated heterocycles. The number of methoxy groups -OCH3 is 1. The van der Waals surface area contributed by atoms with Crippen molar-refractivity contribution >= 4 is 20.0 Å². The van der Waals surface area contributed by atoms with Crippen LogP contribution in [0.5, 0.6) is 5.75 Å². The third-order valence-corrected chi connectivity index (χ3v) is 8.14. The van der Waals surface area contributed by atoms with Crippen molar-refractivity contribution < 1.29 is 26.0 Å². The van der Waals surface area contributed by atoms with Gasteiger partial charge in [-0.25, -0.2) is 26.2 Å². The molecule has 0 N–H and O–H groups in total. The lowest BCUT2D eigenvalue weighted by molar-refractivity contribution is 0.384. The second kappa shape index (κ2) is 7.78. The Morgan fingerprint density at radius 2 is 1.68 bits per heavy atom. The molecule has 0 saturated carbocycles. The van der Waals surface area contributed by atoms with Crippen molar-refractivity contribution in [2.75, 3.05) is 33.3 Å². The second-order valence-electron chi connectivity index (χ2n) is 6.34. The van der Waals surface area contributed by atoms with E-state index in [-0.39, 0.29) is 41.8 Å². The number of ether oxygens (including phenoxy) is 1. The van der Waals surface area contributed by atoms with Crippen LogP contribution in [0.4, 0.5) is 4.39 Å². The summed E-state index contributed by atoms with van der Waals surface area (Å²) in [4.78, 5) is 3.68. The van der Waals surface area contributed by atoms with E-state index >= 15 is 0 Å². The zero-order valence-electron chi connectivity index (χ0n) is 15.4. The molecule has 3 rings (SSSR count).